The third-order valence-electron chi connectivity index (χ3n) is 5.76. The maximum atomic E-state index is 13.1. The van der Waals surface area contributed by atoms with Crippen molar-refractivity contribution in [3.05, 3.63) is 110 Å². The van der Waals surface area contributed by atoms with Gasteiger partial charge < -0.3 is 14.8 Å². The Hall–Kier alpha value is -2.76. The highest BCUT2D eigenvalue weighted by molar-refractivity contribution is 6.31. The Morgan fingerprint density at radius 3 is 2.12 bits per heavy atom. The number of cyclic esters (lactones) is 1. The van der Waals surface area contributed by atoms with Crippen LogP contribution >= 0.6 is 34.8 Å². The summed E-state index contributed by atoms with van der Waals surface area (Å²) in [6.45, 7) is 0. The first-order valence-corrected chi connectivity index (χ1v) is 11.4. The summed E-state index contributed by atoms with van der Waals surface area (Å²) in [6, 6.07) is 19.8. The zero-order valence-electron chi connectivity index (χ0n) is 17.2. The molecule has 4 aromatic rings. The standard InChI is InChI=1S/C26H18Cl3NO3/c27-17-5-1-15(2-6-17)11-21-24(22-14-30-23-12-19(29)9-10-20(22)23)26(32,33-25(21)31)13-16-3-7-18(28)8-4-16/h1-10,12,14,30,32H,11,13H2/t26-/m1/s1. The number of ether oxygens (including phenoxy) is 1. The number of hydrogen-bond donors (Lipinski definition) is 2. The molecule has 0 spiro atoms. The van der Waals surface area contributed by atoms with E-state index in [0.29, 0.717) is 31.8 Å². The molecule has 0 amide bonds. The monoisotopic (exact) mass is 497 g/mol. The maximum absolute atomic E-state index is 13.1. The van der Waals surface area contributed by atoms with Crippen LogP contribution in [0.3, 0.4) is 0 Å². The summed E-state index contributed by atoms with van der Waals surface area (Å²) in [4.78, 5) is 16.3. The van der Waals surface area contributed by atoms with E-state index >= 15 is 0 Å². The Balaban J connectivity index is 1.67. The van der Waals surface area contributed by atoms with Crippen LogP contribution in [0, 0.1) is 0 Å². The summed E-state index contributed by atoms with van der Waals surface area (Å²) in [5, 5.41) is 14.3. The van der Waals surface area contributed by atoms with Gasteiger partial charge >= 0.3 is 5.97 Å². The molecular weight excluding hydrogens is 481 g/mol. The summed E-state index contributed by atoms with van der Waals surface area (Å²) in [5.41, 5.74) is 3.97. The third kappa shape index (κ3) is 4.28. The lowest BCUT2D eigenvalue weighted by Crippen LogP contribution is -2.33. The molecule has 0 saturated heterocycles. The van der Waals surface area contributed by atoms with Crippen LogP contribution in [-0.2, 0) is 22.4 Å². The molecule has 1 aliphatic heterocycles. The van der Waals surface area contributed by atoms with E-state index in [1.54, 1.807) is 54.7 Å². The van der Waals surface area contributed by atoms with E-state index in [-0.39, 0.29) is 12.8 Å². The molecule has 7 heteroatoms. The van der Waals surface area contributed by atoms with E-state index in [2.05, 4.69) is 4.98 Å². The first kappa shape index (κ1) is 22.1. The molecule has 3 aromatic carbocycles. The van der Waals surface area contributed by atoms with Crippen molar-refractivity contribution in [2.75, 3.05) is 0 Å². The van der Waals surface area contributed by atoms with Gasteiger partial charge in [0.2, 0.25) is 5.79 Å². The molecule has 0 fully saturated rings. The van der Waals surface area contributed by atoms with Gasteiger partial charge in [-0.2, -0.15) is 0 Å². The molecule has 4 nitrogen and oxygen atoms in total. The van der Waals surface area contributed by atoms with Crippen LogP contribution in [0.2, 0.25) is 15.1 Å². The number of carbonyl (C=O) groups is 1. The average molecular weight is 499 g/mol. The van der Waals surface area contributed by atoms with Crippen molar-refractivity contribution in [2.24, 2.45) is 0 Å². The maximum Gasteiger partial charge on any atom is 0.337 e. The number of carbonyl (C=O) groups excluding carboxylic acids is 1. The summed E-state index contributed by atoms with van der Waals surface area (Å²) in [7, 11) is 0. The Morgan fingerprint density at radius 2 is 1.45 bits per heavy atom. The van der Waals surface area contributed by atoms with Crippen molar-refractivity contribution in [3.63, 3.8) is 0 Å². The summed E-state index contributed by atoms with van der Waals surface area (Å²) >= 11 is 18.2. The molecule has 2 heterocycles. The number of aromatic amines is 1. The van der Waals surface area contributed by atoms with Crippen LogP contribution in [-0.4, -0.2) is 21.8 Å². The fraction of sp³-hybridized carbons (Fsp3) is 0.115. The van der Waals surface area contributed by atoms with Crippen LogP contribution in [0.15, 0.2) is 78.5 Å². The molecule has 1 aromatic heterocycles. The Morgan fingerprint density at radius 1 is 0.848 bits per heavy atom. The minimum atomic E-state index is -1.85. The molecule has 5 rings (SSSR count). The molecule has 0 radical (unpaired) electrons. The van der Waals surface area contributed by atoms with Crippen molar-refractivity contribution in [1.82, 2.24) is 4.98 Å². The average Bonchev–Trinajstić information content (AvgIpc) is 3.28. The topological polar surface area (TPSA) is 62.3 Å². The predicted octanol–water partition coefficient (Wildman–Crippen LogP) is 6.61. The van der Waals surface area contributed by atoms with Crippen LogP contribution in [0.1, 0.15) is 16.7 Å². The number of aromatic nitrogens is 1. The summed E-state index contributed by atoms with van der Waals surface area (Å²) in [5.74, 6) is -2.40. The number of fused-ring (bicyclic) bond motifs is 1. The number of nitrogens with one attached hydrogen (secondary N) is 1. The van der Waals surface area contributed by atoms with Gasteiger partial charge in [0.05, 0.1) is 5.57 Å². The van der Waals surface area contributed by atoms with E-state index in [0.717, 1.165) is 22.0 Å². The zero-order valence-corrected chi connectivity index (χ0v) is 19.5. The van der Waals surface area contributed by atoms with Crippen molar-refractivity contribution in [3.8, 4) is 0 Å². The van der Waals surface area contributed by atoms with Gasteiger partial charge in [0.15, 0.2) is 0 Å². The van der Waals surface area contributed by atoms with Crippen LogP contribution in [0.4, 0.5) is 0 Å². The van der Waals surface area contributed by atoms with E-state index in [1.165, 1.54) is 0 Å². The van der Waals surface area contributed by atoms with Gasteiger partial charge in [0.1, 0.15) is 0 Å². The molecule has 1 aliphatic rings. The Bertz CT molecular complexity index is 1390. The van der Waals surface area contributed by atoms with E-state index < -0.39 is 11.8 Å². The molecule has 0 saturated carbocycles. The van der Waals surface area contributed by atoms with E-state index in [9.17, 15) is 9.90 Å². The molecule has 1 atom stereocenters. The molecular formula is C26H18Cl3NO3. The van der Waals surface area contributed by atoms with Gasteiger partial charge in [-0.3, -0.25) is 0 Å². The number of hydrogen-bond acceptors (Lipinski definition) is 3. The van der Waals surface area contributed by atoms with Gasteiger partial charge in [-0.1, -0.05) is 65.1 Å². The Labute approximate surface area is 205 Å². The predicted molar refractivity (Wildman–Crippen MR) is 132 cm³/mol. The molecule has 2 N–H and O–H groups in total. The quantitative estimate of drug-likeness (QED) is 0.304. The second kappa shape index (κ2) is 8.54. The third-order valence-corrected chi connectivity index (χ3v) is 6.50. The highest BCUT2D eigenvalue weighted by Gasteiger charge is 2.47. The minimum absolute atomic E-state index is 0.0790. The number of H-pyrrole nitrogens is 1. The second-order valence-electron chi connectivity index (χ2n) is 8.03. The lowest BCUT2D eigenvalue weighted by Gasteiger charge is -2.25. The fourth-order valence-corrected chi connectivity index (χ4v) is 4.68. The number of benzene rings is 3. The first-order valence-electron chi connectivity index (χ1n) is 10.3. The molecule has 33 heavy (non-hydrogen) atoms. The van der Waals surface area contributed by atoms with Crippen LogP contribution < -0.4 is 0 Å². The smallest absolute Gasteiger partial charge is 0.337 e. The molecule has 0 aliphatic carbocycles. The van der Waals surface area contributed by atoms with E-state index in [4.69, 9.17) is 39.5 Å². The van der Waals surface area contributed by atoms with Crippen molar-refractivity contribution >= 4 is 57.2 Å². The van der Waals surface area contributed by atoms with Crippen molar-refractivity contribution in [2.45, 2.75) is 18.6 Å². The van der Waals surface area contributed by atoms with Gasteiger partial charge in [-0.05, 0) is 47.5 Å². The van der Waals surface area contributed by atoms with Gasteiger partial charge in [-0.15, -0.1) is 0 Å². The molecule has 0 bridgehead atoms. The van der Waals surface area contributed by atoms with Crippen molar-refractivity contribution in [1.29, 1.82) is 0 Å². The SMILES string of the molecule is O=C1O[C@](O)(Cc2ccc(Cl)cc2)C(c2c[nH]c3cc(Cl)ccc23)=C1Cc1ccc(Cl)cc1. The number of esters is 1. The number of halogens is 3. The van der Waals surface area contributed by atoms with Crippen molar-refractivity contribution < 1.29 is 14.6 Å². The number of aliphatic hydroxyl groups is 1. The van der Waals surface area contributed by atoms with Crippen LogP contribution in [0.5, 0.6) is 0 Å². The molecule has 166 valence electrons. The zero-order chi connectivity index (χ0) is 23.2. The van der Waals surface area contributed by atoms with Gasteiger partial charge in [-0.25, -0.2) is 4.79 Å². The highest BCUT2D eigenvalue weighted by Crippen LogP contribution is 2.44. The molecule has 0 unspecified atom stereocenters. The lowest BCUT2D eigenvalue weighted by atomic mass is 9.88. The number of rotatable bonds is 5. The van der Waals surface area contributed by atoms with E-state index in [1.807, 2.05) is 18.2 Å². The van der Waals surface area contributed by atoms with Gasteiger partial charge in [0.25, 0.3) is 0 Å². The summed E-state index contributed by atoms with van der Waals surface area (Å²) in [6.07, 6.45) is 2.14. The Kier molecular flexibility index (Phi) is 5.71. The normalized spacial score (nSPS) is 18.2. The minimum Gasteiger partial charge on any atom is -0.425 e. The summed E-state index contributed by atoms with van der Waals surface area (Å²) < 4.78 is 5.64. The first-order chi connectivity index (χ1) is 15.8. The van der Waals surface area contributed by atoms with Gasteiger partial charge in [0, 0.05) is 56.1 Å². The highest BCUT2D eigenvalue weighted by atomic mass is 35.5. The fourth-order valence-electron chi connectivity index (χ4n) is 4.25. The van der Waals surface area contributed by atoms with Crippen LogP contribution in [0.25, 0.3) is 16.5 Å². The largest absolute Gasteiger partial charge is 0.425 e. The lowest BCUT2D eigenvalue weighted by molar-refractivity contribution is -0.175. The second-order valence-corrected chi connectivity index (χ2v) is 9.34.